The molecule has 0 unspecified atom stereocenters. The SMILES string of the molecule is [C-]#[N+]c1cc(C)c(Oc2nc(N(CP(=O)(OCc3ccccc3)OCc3ccccc3)c3ccc(C#N)cc3)nc(N)c2Br)c(C)c1. The molecule has 4 aromatic carbocycles. The number of hydrogen-bond acceptors (Lipinski definition) is 9. The van der Waals surface area contributed by atoms with E-state index in [1.807, 2.05) is 74.5 Å². The predicted molar refractivity (Wildman–Crippen MR) is 185 cm³/mol. The summed E-state index contributed by atoms with van der Waals surface area (Å²) in [6.07, 6.45) is -0.295. The van der Waals surface area contributed by atoms with Crippen molar-refractivity contribution in [2.24, 2.45) is 0 Å². The molecule has 0 aliphatic rings. The van der Waals surface area contributed by atoms with Crippen LogP contribution in [0.3, 0.4) is 0 Å². The van der Waals surface area contributed by atoms with E-state index in [9.17, 15) is 9.83 Å². The van der Waals surface area contributed by atoms with Crippen LogP contribution in [0.5, 0.6) is 11.6 Å². The topological polar surface area (TPSA) is 128 Å². The number of halogens is 1. The number of ether oxygens (including phenoxy) is 1. The number of anilines is 3. The van der Waals surface area contributed by atoms with Gasteiger partial charge in [0.05, 0.1) is 31.4 Å². The molecule has 0 radical (unpaired) electrons. The van der Waals surface area contributed by atoms with Crippen molar-refractivity contribution in [3.63, 3.8) is 0 Å². The monoisotopic (exact) mass is 708 g/mol. The van der Waals surface area contributed by atoms with E-state index in [4.69, 9.17) is 31.1 Å². The van der Waals surface area contributed by atoms with E-state index < -0.39 is 7.60 Å². The fourth-order valence-electron chi connectivity index (χ4n) is 4.63. The Morgan fingerprint density at radius 1 is 0.915 bits per heavy atom. The highest BCUT2D eigenvalue weighted by Crippen LogP contribution is 2.52. The number of rotatable bonds is 12. The minimum absolute atomic E-state index is 0.0327. The summed E-state index contributed by atoms with van der Waals surface area (Å²) < 4.78 is 33.4. The molecule has 0 spiro atoms. The zero-order valence-corrected chi connectivity index (χ0v) is 28.1. The van der Waals surface area contributed by atoms with Crippen LogP contribution in [0.25, 0.3) is 4.85 Å². The Labute approximate surface area is 281 Å². The molecule has 0 atom stereocenters. The van der Waals surface area contributed by atoms with E-state index in [-0.39, 0.29) is 37.1 Å². The fraction of sp³-hybridized carbons (Fsp3) is 0.143. The summed E-state index contributed by atoms with van der Waals surface area (Å²) in [6, 6.07) is 31.0. The first-order valence-corrected chi connectivity index (χ1v) is 16.9. The van der Waals surface area contributed by atoms with Crippen molar-refractivity contribution in [1.29, 1.82) is 5.26 Å². The Morgan fingerprint density at radius 3 is 1.98 bits per heavy atom. The molecule has 236 valence electrons. The van der Waals surface area contributed by atoms with Gasteiger partial charge in [0.1, 0.15) is 22.3 Å². The van der Waals surface area contributed by atoms with Crippen LogP contribution in [-0.4, -0.2) is 16.3 Å². The van der Waals surface area contributed by atoms with Crippen LogP contribution in [0.1, 0.15) is 27.8 Å². The number of nitriles is 1. The first-order chi connectivity index (χ1) is 22.7. The third-order valence-electron chi connectivity index (χ3n) is 7.01. The number of aromatic nitrogens is 2. The van der Waals surface area contributed by atoms with Crippen molar-refractivity contribution in [2.75, 3.05) is 16.9 Å². The van der Waals surface area contributed by atoms with Gasteiger partial charge in [-0.1, -0.05) is 60.7 Å². The van der Waals surface area contributed by atoms with E-state index in [0.717, 1.165) is 22.3 Å². The van der Waals surface area contributed by atoms with Gasteiger partial charge in [0.25, 0.3) is 0 Å². The van der Waals surface area contributed by atoms with E-state index in [0.29, 0.717) is 27.2 Å². The Balaban J connectivity index is 1.56. The zero-order valence-electron chi connectivity index (χ0n) is 25.6. The predicted octanol–water partition coefficient (Wildman–Crippen LogP) is 9.38. The van der Waals surface area contributed by atoms with Gasteiger partial charge in [0, 0.05) is 5.69 Å². The van der Waals surface area contributed by atoms with Crippen LogP contribution in [0, 0.1) is 31.8 Å². The summed E-state index contributed by atoms with van der Waals surface area (Å²) in [5.41, 5.74) is 10.9. The van der Waals surface area contributed by atoms with Crippen molar-refractivity contribution in [2.45, 2.75) is 27.1 Å². The molecule has 0 saturated carbocycles. The molecule has 0 fully saturated rings. The number of aryl methyl sites for hydroxylation is 2. The molecule has 47 heavy (non-hydrogen) atoms. The summed E-state index contributed by atoms with van der Waals surface area (Å²) in [7, 11) is -3.93. The van der Waals surface area contributed by atoms with Crippen LogP contribution < -0.4 is 15.4 Å². The van der Waals surface area contributed by atoms with E-state index in [1.165, 1.54) is 0 Å². The Bertz CT molecular complexity index is 1930. The quantitative estimate of drug-likeness (QED) is 0.0995. The Morgan fingerprint density at radius 2 is 1.47 bits per heavy atom. The lowest BCUT2D eigenvalue weighted by atomic mass is 10.1. The van der Waals surface area contributed by atoms with Gasteiger partial charge in [-0.2, -0.15) is 15.2 Å². The van der Waals surface area contributed by atoms with Gasteiger partial charge in [0.15, 0.2) is 5.69 Å². The molecule has 5 rings (SSSR count). The first kappa shape index (κ1) is 33.3. The summed E-state index contributed by atoms with van der Waals surface area (Å²) in [5, 5.41) is 9.42. The maximum atomic E-state index is 14.6. The van der Waals surface area contributed by atoms with Crippen molar-refractivity contribution < 1.29 is 18.3 Å². The second kappa shape index (κ2) is 15.0. The van der Waals surface area contributed by atoms with Crippen LogP contribution in [0.15, 0.2) is 102 Å². The van der Waals surface area contributed by atoms with Crippen molar-refractivity contribution in [3.05, 3.63) is 141 Å². The van der Waals surface area contributed by atoms with Gasteiger partial charge in [0.2, 0.25) is 11.8 Å². The summed E-state index contributed by atoms with van der Waals surface area (Å²) in [5.74, 6) is 0.751. The minimum atomic E-state index is -3.93. The number of benzene rings is 4. The highest BCUT2D eigenvalue weighted by atomic mass is 79.9. The van der Waals surface area contributed by atoms with E-state index in [1.54, 1.807) is 41.3 Å². The minimum Gasteiger partial charge on any atom is -0.437 e. The zero-order chi connectivity index (χ0) is 33.4. The smallest absolute Gasteiger partial charge is 0.350 e. The van der Waals surface area contributed by atoms with Crippen molar-refractivity contribution in [1.82, 2.24) is 9.97 Å². The number of nitrogens with two attached hydrogens (primary N) is 1. The van der Waals surface area contributed by atoms with E-state index in [2.05, 4.69) is 31.8 Å². The van der Waals surface area contributed by atoms with Gasteiger partial charge in [-0.25, -0.2) is 4.85 Å². The van der Waals surface area contributed by atoms with Gasteiger partial charge in [-0.3, -0.25) is 9.46 Å². The molecule has 0 aliphatic heterocycles. The van der Waals surface area contributed by atoms with Crippen LogP contribution >= 0.6 is 23.5 Å². The van der Waals surface area contributed by atoms with Crippen molar-refractivity contribution >= 4 is 46.7 Å². The van der Waals surface area contributed by atoms with Crippen LogP contribution in [0.2, 0.25) is 0 Å². The maximum Gasteiger partial charge on any atom is 0.350 e. The third kappa shape index (κ3) is 8.42. The highest BCUT2D eigenvalue weighted by Gasteiger charge is 2.32. The second-order valence-corrected chi connectivity index (χ2v) is 13.3. The highest BCUT2D eigenvalue weighted by molar-refractivity contribution is 9.10. The molecule has 0 amide bonds. The molecule has 12 heteroatoms. The Hall–Kier alpha value is -5.03. The molecule has 0 aliphatic carbocycles. The fourth-order valence-corrected chi connectivity index (χ4v) is 6.46. The first-order valence-electron chi connectivity index (χ1n) is 14.4. The average molecular weight is 710 g/mol. The van der Waals surface area contributed by atoms with Gasteiger partial charge in [-0.05, 0) is 88.4 Å². The molecular weight excluding hydrogens is 679 g/mol. The molecule has 1 heterocycles. The molecule has 10 nitrogen and oxygen atoms in total. The molecular formula is C35H30BrN6O4P. The third-order valence-corrected chi connectivity index (χ3v) is 9.43. The van der Waals surface area contributed by atoms with E-state index >= 15 is 0 Å². The molecule has 2 N–H and O–H groups in total. The molecule has 0 bridgehead atoms. The molecule has 0 saturated heterocycles. The van der Waals surface area contributed by atoms with Gasteiger partial charge in [-0.15, -0.1) is 0 Å². The number of nitrogen functional groups attached to an aromatic ring is 1. The van der Waals surface area contributed by atoms with Gasteiger partial charge < -0.3 is 19.5 Å². The number of hydrogen-bond donors (Lipinski definition) is 1. The van der Waals surface area contributed by atoms with Crippen molar-refractivity contribution in [3.8, 4) is 17.7 Å². The molecule has 5 aromatic rings. The largest absolute Gasteiger partial charge is 0.437 e. The molecule has 1 aromatic heterocycles. The maximum absolute atomic E-state index is 14.6. The average Bonchev–Trinajstić information content (AvgIpc) is 3.09. The summed E-state index contributed by atoms with van der Waals surface area (Å²) in [4.78, 5) is 14.3. The summed E-state index contributed by atoms with van der Waals surface area (Å²) in [6.45, 7) is 11.1. The standard InChI is InChI=1S/C35H30BrN6O4P/c1-24-18-29(39-3)19-25(2)32(24)46-34-31(36)33(38)40-35(41-34)42(30-16-14-26(20-37)15-17-30)23-47(43,44-21-27-10-6-4-7-11-27)45-22-28-12-8-5-9-13-28/h4-19H,21-23H2,1-2H3,(H2,38,40,41). The van der Waals surface area contributed by atoms with Crippen LogP contribution in [-0.2, 0) is 26.8 Å². The summed E-state index contributed by atoms with van der Waals surface area (Å²) >= 11 is 3.45. The lowest BCUT2D eigenvalue weighted by Crippen LogP contribution is -2.23. The normalized spacial score (nSPS) is 11.0. The van der Waals surface area contributed by atoms with Gasteiger partial charge >= 0.3 is 7.60 Å². The van der Waals surface area contributed by atoms with Crippen LogP contribution in [0.4, 0.5) is 23.1 Å². The lowest BCUT2D eigenvalue weighted by molar-refractivity contribution is 0.191. The number of nitrogens with zero attached hydrogens (tertiary/aromatic N) is 5. The second-order valence-electron chi connectivity index (χ2n) is 10.5. The Kier molecular flexibility index (Phi) is 10.7. The lowest BCUT2D eigenvalue weighted by Gasteiger charge is -2.28.